The number of aromatic hydroxyl groups is 1. The van der Waals surface area contributed by atoms with Crippen molar-refractivity contribution in [2.75, 3.05) is 5.32 Å². The zero-order chi connectivity index (χ0) is 22.9. The Morgan fingerprint density at radius 3 is 2.44 bits per heavy atom. The molecular formula is C22H18N4O5S. The standard InChI is InChI=1S/C22H18N4O5S/c23-32(30,31)17-11-5-4-9-15(17)25-21(28)18-20(27)19-16(10-6-12-24-19)26(22(18)29)13-14-7-2-1-3-8-14/h1-12,27H,13H2,(H,25,28)(H2,23,30,31). The molecule has 0 radical (unpaired) electrons. The molecule has 2 heterocycles. The lowest BCUT2D eigenvalue weighted by molar-refractivity contribution is 0.102. The molecule has 0 saturated carbocycles. The molecule has 0 aliphatic heterocycles. The van der Waals surface area contributed by atoms with Crippen LogP contribution in [0, 0.1) is 0 Å². The molecule has 0 fully saturated rings. The van der Waals surface area contributed by atoms with E-state index in [9.17, 15) is 23.1 Å². The summed E-state index contributed by atoms with van der Waals surface area (Å²) in [5.74, 6) is -1.58. The Morgan fingerprint density at radius 2 is 1.72 bits per heavy atom. The number of aromatic nitrogens is 2. The molecule has 0 aliphatic rings. The van der Waals surface area contributed by atoms with Gasteiger partial charge in [-0.3, -0.25) is 14.6 Å². The van der Waals surface area contributed by atoms with Gasteiger partial charge in [0.25, 0.3) is 11.5 Å². The topological polar surface area (TPSA) is 144 Å². The monoisotopic (exact) mass is 450 g/mol. The summed E-state index contributed by atoms with van der Waals surface area (Å²) in [6, 6.07) is 17.8. The SMILES string of the molecule is NS(=O)(=O)c1ccccc1NC(=O)c1c(O)c2ncccc2n(Cc2ccccc2)c1=O. The maximum Gasteiger partial charge on any atom is 0.268 e. The predicted octanol–water partition coefficient (Wildman–Crippen LogP) is 2.05. The van der Waals surface area contributed by atoms with E-state index in [4.69, 9.17) is 5.14 Å². The van der Waals surface area contributed by atoms with Gasteiger partial charge in [0.1, 0.15) is 16.0 Å². The number of amides is 1. The molecule has 162 valence electrons. The summed E-state index contributed by atoms with van der Waals surface area (Å²) < 4.78 is 25.0. The highest BCUT2D eigenvalue weighted by atomic mass is 32.2. The number of nitrogens with zero attached hydrogens (tertiary/aromatic N) is 2. The van der Waals surface area contributed by atoms with Crippen molar-refractivity contribution in [1.82, 2.24) is 9.55 Å². The molecule has 32 heavy (non-hydrogen) atoms. The predicted molar refractivity (Wildman–Crippen MR) is 119 cm³/mol. The van der Waals surface area contributed by atoms with E-state index < -0.39 is 32.8 Å². The number of anilines is 1. The third-order valence-electron chi connectivity index (χ3n) is 4.85. The number of nitrogens with two attached hydrogens (primary N) is 1. The number of para-hydroxylation sites is 1. The van der Waals surface area contributed by atoms with E-state index in [2.05, 4.69) is 10.3 Å². The fraction of sp³-hybridized carbons (Fsp3) is 0.0455. The third kappa shape index (κ3) is 3.96. The number of carbonyl (C=O) groups is 1. The number of hydrogen-bond acceptors (Lipinski definition) is 6. The molecule has 2 aromatic carbocycles. The molecule has 0 spiro atoms. The summed E-state index contributed by atoms with van der Waals surface area (Å²) in [5, 5.41) is 18.3. The Labute approximate surface area is 182 Å². The Bertz CT molecular complexity index is 1500. The zero-order valence-corrected chi connectivity index (χ0v) is 17.4. The van der Waals surface area contributed by atoms with Gasteiger partial charge in [0.2, 0.25) is 10.0 Å². The lowest BCUT2D eigenvalue weighted by Crippen LogP contribution is -2.30. The van der Waals surface area contributed by atoms with Crippen LogP contribution in [0.3, 0.4) is 0 Å². The average molecular weight is 450 g/mol. The van der Waals surface area contributed by atoms with Gasteiger partial charge in [-0.15, -0.1) is 0 Å². The van der Waals surface area contributed by atoms with Crippen molar-refractivity contribution in [3.63, 3.8) is 0 Å². The molecule has 4 N–H and O–H groups in total. The zero-order valence-electron chi connectivity index (χ0n) is 16.6. The van der Waals surface area contributed by atoms with E-state index in [-0.39, 0.29) is 22.6 Å². The first-order valence-corrected chi connectivity index (χ1v) is 11.0. The second-order valence-corrected chi connectivity index (χ2v) is 8.50. The van der Waals surface area contributed by atoms with Crippen LogP contribution in [0.25, 0.3) is 11.0 Å². The number of benzene rings is 2. The number of nitrogens with one attached hydrogen (secondary N) is 1. The summed E-state index contributed by atoms with van der Waals surface area (Å²) in [5.41, 5.74) is -0.215. The molecule has 4 aromatic rings. The molecule has 1 amide bonds. The minimum Gasteiger partial charge on any atom is -0.505 e. The first kappa shape index (κ1) is 21.2. The summed E-state index contributed by atoms with van der Waals surface area (Å²) >= 11 is 0. The van der Waals surface area contributed by atoms with E-state index in [1.807, 2.05) is 30.3 Å². The van der Waals surface area contributed by atoms with Crippen LogP contribution in [0.15, 0.2) is 82.6 Å². The number of rotatable bonds is 5. The van der Waals surface area contributed by atoms with Gasteiger partial charge in [-0.25, -0.2) is 13.6 Å². The van der Waals surface area contributed by atoms with Crippen LogP contribution < -0.4 is 16.0 Å². The average Bonchev–Trinajstić information content (AvgIpc) is 2.77. The van der Waals surface area contributed by atoms with Crippen LogP contribution in [-0.4, -0.2) is 29.0 Å². The lowest BCUT2D eigenvalue weighted by Gasteiger charge is -2.15. The molecule has 0 bridgehead atoms. The van der Waals surface area contributed by atoms with Crippen LogP contribution in [0.5, 0.6) is 5.75 Å². The second kappa shape index (κ2) is 8.25. The highest BCUT2D eigenvalue weighted by Crippen LogP contribution is 2.26. The molecular weight excluding hydrogens is 432 g/mol. The van der Waals surface area contributed by atoms with Gasteiger partial charge < -0.3 is 15.0 Å². The maximum atomic E-state index is 13.3. The van der Waals surface area contributed by atoms with Crippen LogP contribution in [0.4, 0.5) is 5.69 Å². The van der Waals surface area contributed by atoms with Crippen molar-refractivity contribution < 1.29 is 18.3 Å². The van der Waals surface area contributed by atoms with Crippen molar-refractivity contribution in [1.29, 1.82) is 0 Å². The van der Waals surface area contributed by atoms with Gasteiger partial charge in [0.05, 0.1) is 17.7 Å². The van der Waals surface area contributed by atoms with E-state index in [0.717, 1.165) is 5.56 Å². The van der Waals surface area contributed by atoms with E-state index in [1.54, 1.807) is 12.1 Å². The Balaban J connectivity index is 1.87. The number of fused-ring (bicyclic) bond motifs is 1. The van der Waals surface area contributed by atoms with Crippen molar-refractivity contribution in [3.8, 4) is 5.75 Å². The minimum atomic E-state index is -4.14. The Morgan fingerprint density at radius 1 is 1.03 bits per heavy atom. The summed E-state index contributed by atoms with van der Waals surface area (Å²) in [6.07, 6.45) is 1.43. The first-order chi connectivity index (χ1) is 15.3. The molecule has 9 nitrogen and oxygen atoms in total. The number of sulfonamides is 1. The van der Waals surface area contributed by atoms with Gasteiger partial charge in [-0.05, 0) is 29.8 Å². The number of carbonyl (C=O) groups excluding carboxylic acids is 1. The largest absolute Gasteiger partial charge is 0.505 e. The molecule has 0 atom stereocenters. The van der Waals surface area contributed by atoms with Crippen LogP contribution in [-0.2, 0) is 16.6 Å². The van der Waals surface area contributed by atoms with E-state index in [1.165, 1.54) is 35.0 Å². The third-order valence-corrected chi connectivity index (χ3v) is 5.82. The maximum absolute atomic E-state index is 13.3. The van der Waals surface area contributed by atoms with Crippen LogP contribution in [0.1, 0.15) is 15.9 Å². The molecule has 0 saturated heterocycles. The minimum absolute atomic E-state index is 0.0629. The molecule has 4 rings (SSSR count). The molecule has 2 aromatic heterocycles. The highest BCUT2D eigenvalue weighted by Gasteiger charge is 2.25. The first-order valence-electron chi connectivity index (χ1n) is 9.45. The summed E-state index contributed by atoms with van der Waals surface area (Å²) in [6.45, 7) is 0.135. The second-order valence-electron chi connectivity index (χ2n) is 6.97. The van der Waals surface area contributed by atoms with Crippen LogP contribution >= 0.6 is 0 Å². The van der Waals surface area contributed by atoms with E-state index in [0.29, 0.717) is 5.52 Å². The number of pyridine rings is 2. The molecule has 10 heteroatoms. The normalized spacial score (nSPS) is 11.4. The van der Waals surface area contributed by atoms with Gasteiger partial charge >= 0.3 is 0 Å². The molecule has 0 unspecified atom stereocenters. The Kier molecular flexibility index (Phi) is 5.47. The Hall–Kier alpha value is -4.02. The number of hydrogen-bond donors (Lipinski definition) is 3. The highest BCUT2D eigenvalue weighted by molar-refractivity contribution is 7.89. The van der Waals surface area contributed by atoms with E-state index >= 15 is 0 Å². The van der Waals surface area contributed by atoms with Crippen molar-refractivity contribution in [3.05, 3.63) is 94.4 Å². The number of primary sulfonamides is 1. The van der Waals surface area contributed by atoms with Gasteiger partial charge in [-0.2, -0.15) is 0 Å². The van der Waals surface area contributed by atoms with Crippen molar-refractivity contribution >= 4 is 32.7 Å². The van der Waals surface area contributed by atoms with Crippen molar-refractivity contribution in [2.24, 2.45) is 5.14 Å². The quantitative estimate of drug-likeness (QED) is 0.424. The van der Waals surface area contributed by atoms with Gasteiger partial charge in [0.15, 0.2) is 5.75 Å². The fourth-order valence-corrected chi connectivity index (χ4v) is 4.09. The van der Waals surface area contributed by atoms with Crippen LogP contribution in [0.2, 0.25) is 0 Å². The van der Waals surface area contributed by atoms with Crippen molar-refractivity contribution in [2.45, 2.75) is 11.4 Å². The summed E-state index contributed by atoms with van der Waals surface area (Å²) in [7, 11) is -4.14. The summed E-state index contributed by atoms with van der Waals surface area (Å²) in [4.78, 5) is 30.1. The van der Waals surface area contributed by atoms with Gasteiger partial charge in [0, 0.05) is 6.20 Å². The smallest absolute Gasteiger partial charge is 0.268 e. The fourth-order valence-electron chi connectivity index (χ4n) is 3.39. The van der Waals surface area contributed by atoms with Gasteiger partial charge in [-0.1, -0.05) is 42.5 Å². The molecule has 0 aliphatic carbocycles. The lowest BCUT2D eigenvalue weighted by atomic mass is 10.1.